The van der Waals surface area contributed by atoms with Crippen molar-refractivity contribution in [2.45, 2.75) is 12.0 Å². The molecule has 2 N–H and O–H groups in total. The van der Waals surface area contributed by atoms with Gasteiger partial charge in [-0.15, -0.1) is 0 Å². The molecule has 0 radical (unpaired) electrons. The van der Waals surface area contributed by atoms with Gasteiger partial charge in [-0.2, -0.15) is 0 Å². The summed E-state index contributed by atoms with van der Waals surface area (Å²) in [6, 6.07) is 25.9. The Hall–Kier alpha value is -3.11. The fourth-order valence-corrected chi connectivity index (χ4v) is 3.18. The van der Waals surface area contributed by atoms with E-state index in [1.807, 2.05) is 72.8 Å². The normalized spacial score (nSPS) is 12.8. The lowest BCUT2D eigenvalue weighted by Gasteiger charge is -2.31. The first-order valence-electron chi connectivity index (χ1n) is 8.90. The Bertz CT molecular complexity index is 880. The van der Waals surface area contributed by atoms with Crippen molar-refractivity contribution in [2.75, 3.05) is 13.7 Å². The second-order valence-electron chi connectivity index (χ2n) is 6.30. The molecule has 0 heterocycles. The Labute approximate surface area is 159 Å². The molecule has 4 heteroatoms. The zero-order chi connectivity index (χ0) is 19.1. The molecule has 0 saturated heterocycles. The molecule has 138 valence electrons. The fraction of sp³-hybridized carbons (Fsp3) is 0.174. The Morgan fingerprint density at radius 2 is 1.52 bits per heavy atom. The lowest BCUT2D eigenvalue weighted by Crippen LogP contribution is -2.34. The quantitative estimate of drug-likeness (QED) is 0.674. The van der Waals surface area contributed by atoms with Crippen LogP contribution in [-0.4, -0.2) is 24.7 Å². The molecule has 0 bridgehead atoms. The van der Waals surface area contributed by atoms with Crippen molar-refractivity contribution in [2.24, 2.45) is 0 Å². The topological polar surface area (TPSA) is 58.6 Å². The van der Waals surface area contributed by atoms with Gasteiger partial charge in [0.15, 0.2) is 0 Å². The van der Waals surface area contributed by atoms with Crippen molar-refractivity contribution in [3.63, 3.8) is 0 Å². The van der Waals surface area contributed by atoms with E-state index >= 15 is 0 Å². The van der Waals surface area contributed by atoms with Crippen LogP contribution in [-0.2, 0) is 5.60 Å². The summed E-state index contributed by atoms with van der Waals surface area (Å²) in [4.78, 5) is 12.3. The van der Waals surface area contributed by atoms with Gasteiger partial charge in [0.05, 0.1) is 7.11 Å². The van der Waals surface area contributed by atoms with Crippen molar-refractivity contribution in [1.29, 1.82) is 0 Å². The highest BCUT2D eigenvalue weighted by molar-refractivity contribution is 5.94. The number of benzene rings is 3. The maximum atomic E-state index is 12.3. The van der Waals surface area contributed by atoms with Crippen LogP contribution in [0.3, 0.4) is 0 Å². The first kappa shape index (κ1) is 18.7. The third-order valence-corrected chi connectivity index (χ3v) is 4.61. The molecule has 0 aromatic heterocycles. The van der Waals surface area contributed by atoms with Crippen LogP contribution in [0, 0.1) is 0 Å². The van der Waals surface area contributed by atoms with Crippen LogP contribution in [0.15, 0.2) is 84.9 Å². The predicted molar refractivity (Wildman–Crippen MR) is 106 cm³/mol. The van der Waals surface area contributed by atoms with Crippen LogP contribution in [0.4, 0.5) is 0 Å². The SMILES string of the molecule is COc1ccccc1C(O)(CCNC(=O)c1ccccc1)c1ccccc1. The van der Waals surface area contributed by atoms with E-state index in [9.17, 15) is 9.90 Å². The Kier molecular flexibility index (Phi) is 5.89. The van der Waals surface area contributed by atoms with E-state index in [0.29, 0.717) is 29.8 Å². The van der Waals surface area contributed by atoms with Gasteiger partial charge in [0.2, 0.25) is 0 Å². The van der Waals surface area contributed by atoms with Gasteiger partial charge in [0.25, 0.3) is 5.91 Å². The summed E-state index contributed by atoms with van der Waals surface area (Å²) < 4.78 is 5.46. The molecule has 27 heavy (non-hydrogen) atoms. The second-order valence-corrected chi connectivity index (χ2v) is 6.30. The van der Waals surface area contributed by atoms with Crippen LogP contribution in [0.25, 0.3) is 0 Å². The molecular formula is C23H23NO3. The minimum atomic E-state index is -1.28. The summed E-state index contributed by atoms with van der Waals surface area (Å²) in [5, 5.41) is 14.5. The third kappa shape index (κ3) is 4.18. The van der Waals surface area contributed by atoms with E-state index < -0.39 is 5.60 Å². The van der Waals surface area contributed by atoms with E-state index in [1.165, 1.54) is 0 Å². The van der Waals surface area contributed by atoms with E-state index in [2.05, 4.69) is 5.32 Å². The summed E-state index contributed by atoms with van der Waals surface area (Å²) in [5.41, 5.74) is 0.742. The minimum Gasteiger partial charge on any atom is -0.496 e. The van der Waals surface area contributed by atoms with Gasteiger partial charge in [0, 0.05) is 24.1 Å². The van der Waals surface area contributed by atoms with Crippen molar-refractivity contribution < 1.29 is 14.6 Å². The van der Waals surface area contributed by atoms with Gasteiger partial charge in [-0.1, -0.05) is 66.7 Å². The van der Waals surface area contributed by atoms with Gasteiger partial charge in [0.1, 0.15) is 11.4 Å². The first-order chi connectivity index (χ1) is 13.1. The van der Waals surface area contributed by atoms with Crippen molar-refractivity contribution in [3.05, 3.63) is 102 Å². The lowest BCUT2D eigenvalue weighted by atomic mass is 9.83. The number of methoxy groups -OCH3 is 1. The molecule has 3 aromatic rings. The predicted octanol–water partition coefficient (Wildman–Crippen LogP) is 3.75. The molecular weight excluding hydrogens is 338 g/mol. The molecule has 3 aromatic carbocycles. The summed E-state index contributed by atoms with van der Waals surface area (Å²) in [5.74, 6) is 0.448. The molecule has 0 fully saturated rings. The highest BCUT2D eigenvalue weighted by atomic mass is 16.5. The smallest absolute Gasteiger partial charge is 0.251 e. The van der Waals surface area contributed by atoms with E-state index in [1.54, 1.807) is 19.2 Å². The number of hydrogen-bond donors (Lipinski definition) is 2. The zero-order valence-corrected chi connectivity index (χ0v) is 15.3. The number of para-hydroxylation sites is 1. The molecule has 0 aliphatic rings. The van der Waals surface area contributed by atoms with Crippen molar-refractivity contribution in [3.8, 4) is 5.75 Å². The average Bonchev–Trinajstić information content (AvgIpc) is 2.74. The number of rotatable bonds is 7. The van der Waals surface area contributed by atoms with E-state index in [0.717, 1.165) is 5.56 Å². The number of carbonyl (C=O) groups is 1. The second kappa shape index (κ2) is 8.52. The molecule has 1 amide bonds. The van der Waals surface area contributed by atoms with Gasteiger partial charge in [-0.25, -0.2) is 0 Å². The number of amides is 1. The largest absolute Gasteiger partial charge is 0.496 e. The van der Waals surface area contributed by atoms with Crippen molar-refractivity contribution in [1.82, 2.24) is 5.32 Å². The first-order valence-corrected chi connectivity index (χ1v) is 8.90. The van der Waals surface area contributed by atoms with Gasteiger partial charge in [-0.3, -0.25) is 4.79 Å². The number of aliphatic hydroxyl groups is 1. The van der Waals surface area contributed by atoms with E-state index in [4.69, 9.17) is 4.74 Å². The van der Waals surface area contributed by atoms with Crippen LogP contribution >= 0.6 is 0 Å². The fourth-order valence-electron chi connectivity index (χ4n) is 3.18. The van der Waals surface area contributed by atoms with Gasteiger partial charge < -0.3 is 15.2 Å². The number of nitrogens with one attached hydrogen (secondary N) is 1. The highest BCUT2D eigenvalue weighted by Crippen LogP contribution is 2.37. The third-order valence-electron chi connectivity index (χ3n) is 4.61. The molecule has 0 spiro atoms. The summed E-state index contributed by atoms with van der Waals surface area (Å²) in [6.45, 7) is 0.317. The Morgan fingerprint density at radius 1 is 0.926 bits per heavy atom. The van der Waals surface area contributed by atoms with Crippen LogP contribution in [0.1, 0.15) is 27.9 Å². The standard InChI is InChI=1S/C23H23NO3/c1-27-21-15-9-8-14-20(21)23(26,19-12-6-3-7-13-19)16-17-24-22(25)18-10-4-2-5-11-18/h2-15,26H,16-17H2,1H3,(H,24,25). The van der Waals surface area contributed by atoms with E-state index in [-0.39, 0.29) is 5.91 Å². The van der Waals surface area contributed by atoms with Gasteiger partial charge in [-0.05, 0) is 23.8 Å². The summed E-state index contributed by atoms with van der Waals surface area (Å²) in [7, 11) is 1.58. The summed E-state index contributed by atoms with van der Waals surface area (Å²) >= 11 is 0. The maximum Gasteiger partial charge on any atom is 0.251 e. The molecule has 0 saturated carbocycles. The molecule has 1 unspecified atom stereocenters. The minimum absolute atomic E-state index is 0.161. The molecule has 0 aliphatic heterocycles. The maximum absolute atomic E-state index is 12.3. The number of ether oxygens (including phenoxy) is 1. The molecule has 0 aliphatic carbocycles. The average molecular weight is 361 g/mol. The monoisotopic (exact) mass is 361 g/mol. The molecule has 3 rings (SSSR count). The zero-order valence-electron chi connectivity index (χ0n) is 15.3. The van der Waals surface area contributed by atoms with Gasteiger partial charge >= 0.3 is 0 Å². The number of hydrogen-bond acceptors (Lipinski definition) is 3. The van der Waals surface area contributed by atoms with Crippen LogP contribution < -0.4 is 10.1 Å². The van der Waals surface area contributed by atoms with Crippen LogP contribution in [0.2, 0.25) is 0 Å². The number of carbonyl (C=O) groups excluding carboxylic acids is 1. The Balaban J connectivity index is 1.84. The molecule has 4 nitrogen and oxygen atoms in total. The van der Waals surface area contributed by atoms with Crippen LogP contribution in [0.5, 0.6) is 5.75 Å². The molecule has 1 atom stereocenters. The summed E-state index contributed by atoms with van der Waals surface area (Å²) in [6.07, 6.45) is 0.315. The highest BCUT2D eigenvalue weighted by Gasteiger charge is 2.34. The lowest BCUT2D eigenvalue weighted by molar-refractivity contribution is 0.0666. The van der Waals surface area contributed by atoms with Crippen molar-refractivity contribution >= 4 is 5.91 Å². The Morgan fingerprint density at radius 3 is 2.19 bits per heavy atom.